The molecule has 1 aromatic heterocycles. The fourth-order valence-corrected chi connectivity index (χ4v) is 3.86. The predicted octanol–water partition coefficient (Wildman–Crippen LogP) is 3.87. The summed E-state index contributed by atoms with van der Waals surface area (Å²) in [6.07, 6.45) is 3.79. The van der Waals surface area contributed by atoms with E-state index in [0.717, 1.165) is 36.4 Å². The number of aromatic carboxylic acids is 1. The van der Waals surface area contributed by atoms with Gasteiger partial charge in [-0.15, -0.1) is 11.3 Å². The van der Waals surface area contributed by atoms with Gasteiger partial charge in [-0.25, -0.2) is 9.78 Å². The van der Waals surface area contributed by atoms with Gasteiger partial charge in [-0.05, 0) is 24.8 Å². The Morgan fingerprint density at radius 2 is 2.05 bits per heavy atom. The summed E-state index contributed by atoms with van der Waals surface area (Å²) in [5.41, 5.74) is 1.98. The highest BCUT2D eigenvalue weighted by molar-refractivity contribution is 7.14. The van der Waals surface area contributed by atoms with E-state index in [1.807, 2.05) is 18.2 Å². The SMILES string of the molecule is CCCc1nc(C2(c3ccccc3)CC2)sc1C(=O)O. The van der Waals surface area contributed by atoms with E-state index in [-0.39, 0.29) is 5.41 Å². The van der Waals surface area contributed by atoms with Crippen LogP contribution in [0.1, 0.15) is 52.1 Å². The van der Waals surface area contributed by atoms with E-state index in [1.165, 1.54) is 16.9 Å². The van der Waals surface area contributed by atoms with Crippen LogP contribution in [0.4, 0.5) is 0 Å². The number of aromatic nitrogens is 1. The second kappa shape index (κ2) is 5.02. The van der Waals surface area contributed by atoms with Crippen molar-refractivity contribution in [3.8, 4) is 0 Å². The summed E-state index contributed by atoms with van der Waals surface area (Å²) in [5, 5.41) is 10.3. The topological polar surface area (TPSA) is 50.2 Å². The summed E-state index contributed by atoms with van der Waals surface area (Å²) in [4.78, 5) is 16.5. The maximum Gasteiger partial charge on any atom is 0.347 e. The van der Waals surface area contributed by atoms with E-state index < -0.39 is 5.97 Å². The molecule has 3 nitrogen and oxygen atoms in total. The number of carboxylic acids is 1. The molecule has 0 saturated heterocycles. The van der Waals surface area contributed by atoms with Gasteiger partial charge in [0, 0.05) is 5.41 Å². The molecule has 0 radical (unpaired) electrons. The van der Waals surface area contributed by atoms with Crippen LogP contribution in [0.3, 0.4) is 0 Å². The van der Waals surface area contributed by atoms with Gasteiger partial charge in [-0.2, -0.15) is 0 Å². The summed E-state index contributed by atoms with van der Waals surface area (Å²) in [7, 11) is 0. The Balaban J connectivity index is 2.03. The molecule has 0 unspecified atom stereocenters. The van der Waals surface area contributed by atoms with Crippen LogP contribution < -0.4 is 0 Å². The van der Waals surface area contributed by atoms with E-state index in [1.54, 1.807) is 0 Å². The van der Waals surface area contributed by atoms with Crippen LogP contribution in [0.5, 0.6) is 0 Å². The van der Waals surface area contributed by atoms with Crippen LogP contribution in [-0.4, -0.2) is 16.1 Å². The first-order chi connectivity index (χ1) is 9.67. The normalized spacial score (nSPS) is 16.1. The standard InChI is InChI=1S/C16H17NO2S/c1-2-6-12-13(14(18)19)20-15(17-12)16(9-10-16)11-7-4-3-5-8-11/h3-5,7-8H,2,6,9-10H2,1H3,(H,18,19). The average molecular weight is 287 g/mol. The lowest BCUT2D eigenvalue weighted by Gasteiger charge is -2.12. The fourth-order valence-electron chi connectivity index (χ4n) is 2.64. The van der Waals surface area contributed by atoms with Crippen molar-refractivity contribution in [2.45, 2.75) is 38.0 Å². The van der Waals surface area contributed by atoms with Crippen molar-refractivity contribution in [2.75, 3.05) is 0 Å². The van der Waals surface area contributed by atoms with Crippen molar-refractivity contribution in [2.24, 2.45) is 0 Å². The van der Waals surface area contributed by atoms with Gasteiger partial charge < -0.3 is 5.11 Å². The maximum atomic E-state index is 11.4. The monoisotopic (exact) mass is 287 g/mol. The first-order valence-electron chi connectivity index (χ1n) is 6.96. The van der Waals surface area contributed by atoms with Crippen LogP contribution in [-0.2, 0) is 11.8 Å². The molecule has 0 atom stereocenters. The molecule has 104 valence electrons. The van der Waals surface area contributed by atoms with Crippen molar-refractivity contribution >= 4 is 17.3 Å². The molecule has 3 rings (SSSR count). The summed E-state index contributed by atoms with van der Waals surface area (Å²) in [6, 6.07) is 10.3. The number of thiazole rings is 1. The number of hydrogen-bond acceptors (Lipinski definition) is 3. The number of aryl methyl sites for hydroxylation is 1. The zero-order valence-electron chi connectivity index (χ0n) is 11.4. The number of carbonyl (C=O) groups is 1. The lowest BCUT2D eigenvalue weighted by Crippen LogP contribution is -2.08. The Morgan fingerprint density at radius 3 is 2.60 bits per heavy atom. The van der Waals surface area contributed by atoms with E-state index in [4.69, 9.17) is 0 Å². The second-order valence-electron chi connectivity index (χ2n) is 5.30. The van der Waals surface area contributed by atoms with Gasteiger partial charge in [-0.1, -0.05) is 43.7 Å². The second-order valence-corrected chi connectivity index (χ2v) is 6.30. The minimum Gasteiger partial charge on any atom is -0.477 e. The zero-order valence-corrected chi connectivity index (χ0v) is 12.2. The van der Waals surface area contributed by atoms with Crippen molar-refractivity contribution in [3.05, 3.63) is 51.5 Å². The highest BCUT2D eigenvalue weighted by Crippen LogP contribution is 2.54. The molecule has 1 fully saturated rings. The molecule has 2 aromatic rings. The Labute approximate surface area is 122 Å². The lowest BCUT2D eigenvalue weighted by molar-refractivity contribution is 0.0700. The van der Waals surface area contributed by atoms with Crippen LogP contribution in [0.15, 0.2) is 30.3 Å². The van der Waals surface area contributed by atoms with Crippen LogP contribution in [0, 0.1) is 0 Å². The van der Waals surface area contributed by atoms with E-state index in [2.05, 4.69) is 24.0 Å². The van der Waals surface area contributed by atoms with Gasteiger partial charge >= 0.3 is 5.97 Å². The van der Waals surface area contributed by atoms with Gasteiger partial charge in [0.05, 0.1) is 5.69 Å². The molecule has 1 aliphatic carbocycles. The quantitative estimate of drug-likeness (QED) is 0.908. The van der Waals surface area contributed by atoms with Gasteiger partial charge in [0.1, 0.15) is 9.88 Å². The summed E-state index contributed by atoms with van der Waals surface area (Å²) in [6.45, 7) is 2.05. The van der Waals surface area contributed by atoms with Gasteiger partial charge in [0.2, 0.25) is 0 Å². The molecule has 1 N–H and O–H groups in total. The fraction of sp³-hybridized carbons (Fsp3) is 0.375. The number of hydrogen-bond donors (Lipinski definition) is 1. The van der Waals surface area contributed by atoms with Crippen molar-refractivity contribution in [1.82, 2.24) is 4.98 Å². The molecule has 0 amide bonds. The number of carboxylic acid groups (broad SMARTS) is 1. The van der Waals surface area contributed by atoms with Crippen LogP contribution in [0.25, 0.3) is 0 Å². The van der Waals surface area contributed by atoms with Crippen molar-refractivity contribution < 1.29 is 9.90 Å². The van der Waals surface area contributed by atoms with Crippen molar-refractivity contribution in [1.29, 1.82) is 0 Å². The van der Waals surface area contributed by atoms with Gasteiger partial charge in [-0.3, -0.25) is 0 Å². The molecule has 1 aromatic carbocycles. The summed E-state index contributed by atoms with van der Waals surface area (Å²) < 4.78 is 0. The first kappa shape index (κ1) is 13.3. The highest BCUT2D eigenvalue weighted by Gasteiger charge is 2.49. The molecule has 1 saturated carbocycles. The predicted molar refractivity (Wildman–Crippen MR) is 79.5 cm³/mol. The van der Waals surface area contributed by atoms with E-state index in [0.29, 0.717) is 4.88 Å². The molecular formula is C16H17NO2S. The van der Waals surface area contributed by atoms with Crippen LogP contribution in [0.2, 0.25) is 0 Å². The molecular weight excluding hydrogens is 270 g/mol. The molecule has 20 heavy (non-hydrogen) atoms. The van der Waals surface area contributed by atoms with E-state index in [9.17, 15) is 9.90 Å². The zero-order chi connectivity index (χ0) is 14.2. The van der Waals surface area contributed by atoms with Crippen molar-refractivity contribution in [3.63, 3.8) is 0 Å². The largest absolute Gasteiger partial charge is 0.477 e. The minimum atomic E-state index is -0.846. The highest BCUT2D eigenvalue weighted by atomic mass is 32.1. The molecule has 1 heterocycles. The maximum absolute atomic E-state index is 11.4. The van der Waals surface area contributed by atoms with E-state index >= 15 is 0 Å². The minimum absolute atomic E-state index is 0.0257. The first-order valence-corrected chi connectivity index (χ1v) is 7.78. The third-order valence-corrected chi connectivity index (χ3v) is 5.15. The third-order valence-electron chi connectivity index (χ3n) is 3.86. The smallest absolute Gasteiger partial charge is 0.347 e. The molecule has 1 aliphatic rings. The Hall–Kier alpha value is -1.68. The number of nitrogens with zero attached hydrogens (tertiary/aromatic N) is 1. The lowest BCUT2D eigenvalue weighted by atomic mass is 9.97. The number of rotatable bonds is 5. The Morgan fingerprint density at radius 1 is 1.35 bits per heavy atom. The number of benzene rings is 1. The molecule has 4 heteroatoms. The summed E-state index contributed by atoms with van der Waals surface area (Å²) in [5.74, 6) is -0.846. The molecule has 0 spiro atoms. The van der Waals surface area contributed by atoms with Gasteiger partial charge in [0.15, 0.2) is 0 Å². The van der Waals surface area contributed by atoms with Crippen LogP contribution >= 0.6 is 11.3 Å². The van der Waals surface area contributed by atoms with Gasteiger partial charge in [0.25, 0.3) is 0 Å². The Bertz CT molecular complexity index is 629. The Kier molecular flexibility index (Phi) is 3.34. The summed E-state index contributed by atoms with van der Waals surface area (Å²) >= 11 is 1.36. The molecule has 0 aliphatic heterocycles. The molecule has 0 bridgehead atoms. The average Bonchev–Trinajstić information content (AvgIpc) is 3.16. The third kappa shape index (κ3) is 2.14.